The third-order valence-electron chi connectivity index (χ3n) is 2.11. The van der Waals surface area contributed by atoms with Gasteiger partial charge >= 0.3 is 5.97 Å². The van der Waals surface area contributed by atoms with Crippen molar-refractivity contribution in [1.29, 1.82) is 0 Å². The van der Waals surface area contributed by atoms with E-state index in [9.17, 15) is 15.1 Å². The zero-order valence-corrected chi connectivity index (χ0v) is 9.23. The zero-order chi connectivity index (χ0) is 13.9. The predicted molar refractivity (Wildman–Crippen MR) is 55.3 cm³/mol. The van der Waals surface area contributed by atoms with Crippen LogP contribution in [0.2, 0.25) is 0 Å². The van der Waals surface area contributed by atoms with Crippen LogP contribution < -0.4 is 15.6 Å². The highest BCUT2D eigenvalue weighted by Crippen LogP contribution is 2.34. The average molecular weight is 258 g/mol. The molecule has 0 aromatic heterocycles. The van der Waals surface area contributed by atoms with Crippen LogP contribution in [0.25, 0.3) is 0 Å². The highest BCUT2D eigenvalue weighted by atomic mass is 16.8. The predicted octanol–water partition coefficient (Wildman–Crippen LogP) is -0.246. The quantitative estimate of drug-likeness (QED) is 0.492. The Bertz CT molecular complexity index is 418. The Morgan fingerprint density at radius 2 is 1.89 bits per heavy atom. The molecule has 9 nitrogen and oxygen atoms in total. The molecule has 1 aromatic carbocycles. The smallest absolute Gasteiger partial charge is 0.309 e. The first-order chi connectivity index (χ1) is 8.36. The first kappa shape index (κ1) is 14.0. The first-order valence-corrected chi connectivity index (χ1v) is 4.61. The summed E-state index contributed by atoms with van der Waals surface area (Å²) in [7, 11) is 1.14. The van der Waals surface area contributed by atoms with Crippen LogP contribution in [0.15, 0.2) is 12.1 Å². The number of ether oxygens (including phenoxy) is 1. The molecule has 0 aliphatic heterocycles. The molecule has 1 rings (SSSR count). The maximum Gasteiger partial charge on any atom is 0.309 e. The van der Waals surface area contributed by atoms with Crippen molar-refractivity contribution in [3.05, 3.63) is 22.9 Å². The summed E-state index contributed by atoms with van der Waals surface area (Å²) in [5.74, 6) is -1.77. The first-order valence-electron chi connectivity index (χ1n) is 4.61. The van der Waals surface area contributed by atoms with Crippen molar-refractivity contribution in [1.82, 2.24) is 0 Å². The Labute approximate surface area is 101 Å². The molecule has 0 bridgehead atoms. The Balaban J connectivity index is 3.24. The number of hydrogen-bond donors (Lipinski definition) is 3. The van der Waals surface area contributed by atoms with Gasteiger partial charge in [0.1, 0.15) is 0 Å². The number of anilines is 2. The minimum Gasteiger partial charge on any atom is -0.870 e. The molecule has 0 aliphatic rings. The largest absolute Gasteiger partial charge is 0.870 e. The Kier molecular flexibility index (Phi) is 4.28. The molecule has 0 amide bonds. The van der Waals surface area contributed by atoms with Crippen molar-refractivity contribution in [2.24, 2.45) is 0 Å². The number of methoxy groups -OCH3 is 1. The van der Waals surface area contributed by atoms with Gasteiger partial charge in [-0.2, -0.15) is 0 Å². The summed E-state index contributed by atoms with van der Waals surface area (Å²) in [4.78, 5) is 11.0. The van der Waals surface area contributed by atoms with Crippen LogP contribution in [-0.2, 0) is 16.0 Å². The SMILES string of the molecule is COC(=O)Cc1cc(N([O-])O)c([O-])c(N(O)O)c1. The van der Waals surface area contributed by atoms with Gasteiger partial charge in [-0.1, -0.05) is 5.75 Å². The molecule has 0 unspecified atom stereocenters. The molecule has 18 heavy (non-hydrogen) atoms. The van der Waals surface area contributed by atoms with E-state index in [1.54, 1.807) is 0 Å². The van der Waals surface area contributed by atoms with Gasteiger partial charge in [-0.05, 0) is 17.7 Å². The van der Waals surface area contributed by atoms with E-state index < -0.39 is 33.5 Å². The van der Waals surface area contributed by atoms with Crippen LogP contribution in [0.3, 0.4) is 0 Å². The van der Waals surface area contributed by atoms with Crippen LogP contribution in [0.5, 0.6) is 5.75 Å². The normalized spacial score (nSPS) is 10.1. The summed E-state index contributed by atoms with van der Waals surface area (Å²) in [6.45, 7) is 0. The van der Waals surface area contributed by atoms with Crippen molar-refractivity contribution in [2.75, 3.05) is 17.6 Å². The summed E-state index contributed by atoms with van der Waals surface area (Å²) in [5, 5.41) is 47.3. The number of esters is 1. The lowest BCUT2D eigenvalue weighted by Crippen LogP contribution is -2.18. The number of carbonyl (C=O) groups excluding carboxylic acids is 1. The van der Waals surface area contributed by atoms with Gasteiger partial charge in [-0.15, -0.1) is 5.23 Å². The van der Waals surface area contributed by atoms with Gasteiger partial charge in [0, 0.05) is 5.69 Å². The van der Waals surface area contributed by atoms with E-state index in [-0.39, 0.29) is 12.0 Å². The molecule has 0 spiro atoms. The van der Waals surface area contributed by atoms with Crippen molar-refractivity contribution in [3.8, 4) is 5.75 Å². The van der Waals surface area contributed by atoms with Gasteiger partial charge < -0.3 is 20.3 Å². The maximum absolute atomic E-state index is 11.5. The lowest BCUT2D eigenvalue weighted by molar-refractivity contribution is -0.267. The number of rotatable bonds is 4. The van der Waals surface area contributed by atoms with Crippen molar-refractivity contribution in [3.63, 3.8) is 0 Å². The van der Waals surface area contributed by atoms with E-state index in [0.717, 1.165) is 19.2 Å². The van der Waals surface area contributed by atoms with Crippen LogP contribution >= 0.6 is 0 Å². The molecule has 0 saturated heterocycles. The molecule has 0 radical (unpaired) electrons. The van der Waals surface area contributed by atoms with E-state index in [0.29, 0.717) is 0 Å². The van der Waals surface area contributed by atoms with Gasteiger partial charge in [0.25, 0.3) is 0 Å². The molecular weight excluding hydrogens is 248 g/mol. The van der Waals surface area contributed by atoms with E-state index in [1.165, 1.54) is 0 Å². The molecule has 0 saturated carbocycles. The van der Waals surface area contributed by atoms with Crippen molar-refractivity contribution < 1.29 is 30.3 Å². The monoisotopic (exact) mass is 258 g/mol. The lowest BCUT2D eigenvalue weighted by atomic mass is 10.1. The zero-order valence-electron chi connectivity index (χ0n) is 9.23. The molecule has 9 heteroatoms. The van der Waals surface area contributed by atoms with Crippen LogP contribution in [0, 0.1) is 5.21 Å². The van der Waals surface area contributed by atoms with Crippen LogP contribution in [-0.4, -0.2) is 28.7 Å². The summed E-state index contributed by atoms with van der Waals surface area (Å²) in [5.41, 5.74) is -1.34. The minimum atomic E-state index is -1.11. The Hall–Kier alpha value is -2.07. The highest BCUT2D eigenvalue weighted by molar-refractivity contribution is 5.77. The molecule has 0 aliphatic carbocycles. The Morgan fingerprint density at radius 3 is 2.33 bits per heavy atom. The molecule has 100 valence electrons. The Morgan fingerprint density at radius 1 is 1.33 bits per heavy atom. The van der Waals surface area contributed by atoms with E-state index in [2.05, 4.69) is 4.74 Å². The molecule has 0 fully saturated rings. The molecule has 3 N–H and O–H groups in total. The third-order valence-corrected chi connectivity index (χ3v) is 2.11. The second-order valence-electron chi connectivity index (χ2n) is 3.28. The molecule has 0 atom stereocenters. The number of benzene rings is 1. The second-order valence-corrected chi connectivity index (χ2v) is 3.28. The van der Waals surface area contributed by atoms with Gasteiger partial charge in [0.05, 0.1) is 19.2 Å². The maximum atomic E-state index is 11.5. The van der Waals surface area contributed by atoms with Gasteiger partial charge in [0.15, 0.2) is 0 Å². The van der Waals surface area contributed by atoms with Crippen LogP contribution in [0.1, 0.15) is 5.56 Å². The molecule has 1 aromatic rings. The number of carbonyl (C=O) groups is 1. The van der Waals surface area contributed by atoms with E-state index in [1.807, 2.05) is 0 Å². The third kappa shape index (κ3) is 2.99. The second kappa shape index (κ2) is 5.51. The summed E-state index contributed by atoms with van der Waals surface area (Å²) >= 11 is 0. The average Bonchev–Trinajstić information content (AvgIpc) is 2.30. The summed E-state index contributed by atoms with van der Waals surface area (Å²) < 4.78 is 4.38. The standard InChI is InChI=1S/C9H11N2O7/c1-18-8(12)4-5-2-6(10(14)15)9(13)7(3-5)11(16)17/h2-3,13-16H,4H2,1H3/q-1/p-1. The summed E-state index contributed by atoms with van der Waals surface area (Å²) in [6.07, 6.45) is -0.307. The van der Waals surface area contributed by atoms with Crippen LogP contribution in [0.4, 0.5) is 11.4 Å². The van der Waals surface area contributed by atoms with E-state index in [4.69, 9.17) is 15.6 Å². The lowest BCUT2D eigenvalue weighted by Gasteiger charge is -2.30. The number of nitrogens with zero attached hydrogens (tertiary/aromatic N) is 2. The fraction of sp³-hybridized carbons (Fsp3) is 0.222. The molecule has 0 heterocycles. The van der Waals surface area contributed by atoms with Gasteiger partial charge in [0.2, 0.25) is 0 Å². The molecular formula is C9H10N2O7-2. The van der Waals surface area contributed by atoms with Gasteiger partial charge in [-0.3, -0.25) is 20.4 Å². The topological polar surface area (TPSA) is 140 Å². The minimum absolute atomic E-state index is 0.0921. The highest BCUT2D eigenvalue weighted by Gasteiger charge is 2.11. The number of hydrogen-bond acceptors (Lipinski definition) is 9. The fourth-order valence-corrected chi connectivity index (χ4v) is 1.29. The van der Waals surface area contributed by atoms with Crippen molar-refractivity contribution in [2.45, 2.75) is 6.42 Å². The van der Waals surface area contributed by atoms with E-state index >= 15 is 0 Å². The van der Waals surface area contributed by atoms with Gasteiger partial charge in [-0.25, -0.2) is 0 Å². The van der Waals surface area contributed by atoms with Crippen molar-refractivity contribution >= 4 is 17.3 Å². The fourth-order valence-electron chi connectivity index (χ4n) is 1.29. The summed E-state index contributed by atoms with van der Waals surface area (Å²) in [6, 6.07) is 1.92.